The first kappa shape index (κ1) is 22.2. The van der Waals surface area contributed by atoms with E-state index in [2.05, 4.69) is 89.0 Å². The average Bonchev–Trinajstić information content (AvgIpc) is 3.26. The summed E-state index contributed by atoms with van der Waals surface area (Å²) in [5, 5.41) is 21.4. The van der Waals surface area contributed by atoms with Gasteiger partial charge in [-0.1, -0.05) is 59.7 Å². The molecule has 0 aliphatic heterocycles. The number of hydrogen-bond donors (Lipinski definition) is 0. The second-order valence-electron chi connectivity index (χ2n) is 9.21. The van der Waals surface area contributed by atoms with Crippen molar-refractivity contribution in [2.75, 3.05) is 0 Å². The average molecular weight is 476 g/mol. The van der Waals surface area contributed by atoms with Crippen LogP contribution in [0.5, 0.6) is 0 Å². The molecular formula is C32H21N5. The fourth-order valence-electron chi connectivity index (χ4n) is 5.09. The zero-order valence-corrected chi connectivity index (χ0v) is 20.4. The van der Waals surface area contributed by atoms with E-state index >= 15 is 0 Å². The van der Waals surface area contributed by atoms with E-state index in [-0.39, 0.29) is 5.82 Å². The maximum atomic E-state index is 10.1. The Bertz CT molecular complexity index is 1890. The fraction of sp³-hybridized carbons (Fsp3) is 0.0625. The lowest BCUT2D eigenvalue weighted by molar-refractivity contribution is 1.11. The van der Waals surface area contributed by atoms with Crippen molar-refractivity contribution in [2.45, 2.75) is 13.8 Å². The fourth-order valence-corrected chi connectivity index (χ4v) is 5.09. The van der Waals surface area contributed by atoms with E-state index in [9.17, 15) is 5.26 Å². The van der Waals surface area contributed by atoms with Gasteiger partial charge >= 0.3 is 0 Å². The van der Waals surface area contributed by atoms with Gasteiger partial charge in [-0.05, 0) is 60.9 Å². The molecule has 2 heterocycles. The first-order valence-electron chi connectivity index (χ1n) is 11.9. The third kappa shape index (κ3) is 3.80. The topological polar surface area (TPSA) is 78.3 Å². The number of benzene rings is 4. The molecule has 0 aliphatic rings. The van der Waals surface area contributed by atoms with Gasteiger partial charge in [0.15, 0.2) is 0 Å². The van der Waals surface area contributed by atoms with Gasteiger partial charge in [-0.2, -0.15) is 10.5 Å². The second kappa shape index (κ2) is 8.75. The number of rotatable bonds is 3. The number of nitrogens with zero attached hydrogens (tertiary/aromatic N) is 5. The first-order valence-corrected chi connectivity index (χ1v) is 11.9. The van der Waals surface area contributed by atoms with Crippen LogP contribution >= 0.6 is 0 Å². The molecule has 0 aliphatic carbocycles. The Labute approximate surface area is 214 Å². The minimum atomic E-state index is 0.117. The van der Waals surface area contributed by atoms with Crippen LogP contribution in [0.15, 0.2) is 91.3 Å². The molecule has 0 spiro atoms. The molecule has 4 aromatic carbocycles. The Kier molecular flexibility index (Phi) is 5.26. The maximum Gasteiger partial charge on any atom is 0.232 e. The molecule has 0 N–H and O–H groups in total. The van der Waals surface area contributed by atoms with E-state index in [0.717, 1.165) is 38.6 Å². The Morgan fingerprint density at radius 1 is 0.622 bits per heavy atom. The molecule has 5 nitrogen and oxygen atoms in total. The van der Waals surface area contributed by atoms with Crippen molar-refractivity contribution in [3.8, 4) is 40.1 Å². The van der Waals surface area contributed by atoms with Crippen LogP contribution < -0.4 is 0 Å². The number of nitriles is 2. The number of aromatic nitrogens is 3. The van der Waals surface area contributed by atoms with E-state index in [1.807, 2.05) is 30.3 Å². The molecule has 6 rings (SSSR count). The summed E-state index contributed by atoms with van der Waals surface area (Å²) in [7, 11) is 0. The largest absolute Gasteiger partial charge is 0.308 e. The molecule has 0 fully saturated rings. The third-order valence-corrected chi connectivity index (χ3v) is 6.67. The molecule has 37 heavy (non-hydrogen) atoms. The molecule has 0 atom stereocenters. The summed E-state index contributed by atoms with van der Waals surface area (Å²) in [6.07, 6.45) is 3.22. The Morgan fingerprint density at radius 3 is 2.03 bits per heavy atom. The standard InChI is InChI=1S/C32H21N5/c1-20-11-21(2)13-24(12-20)23-8-10-31-28(15-23)27-5-3-4-6-30(27)37(31)29-9-7-22(14-25(29)16-33)26-18-35-32(17-34)36-19-26/h3-15,18-19H,1-2H3. The first-order chi connectivity index (χ1) is 18.1. The smallest absolute Gasteiger partial charge is 0.232 e. The number of aryl methyl sites for hydroxylation is 2. The summed E-state index contributed by atoms with van der Waals surface area (Å²) in [6, 6.07) is 31.6. The molecule has 0 unspecified atom stereocenters. The van der Waals surface area contributed by atoms with Gasteiger partial charge < -0.3 is 4.57 Å². The molecule has 174 valence electrons. The highest BCUT2D eigenvalue weighted by molar-refractivity contribution is 6.10. The molecule has 5 heteroatoms. The Hall–Kier alpha value is -5.26. The second-order valence-corrected chi connectivity index (χ2v) is 9.21. The van der Waals surface area contributed by atoms with Crippen LogP contribution in [0, 0.1) is 36.5 Å². The normalized spacial score (nSPS) is 10.9. The Balaban J connectivity index is 1.55. The predicted molar refractivity (Wildman–Crippen MR) is 146 cm³/mol. The van der Waals surface area contributed by atoms with Gasteiger partial charge in [-0.3, -0.25) is 0 Å². The minimum Gasteiger partial charge on any atom is -0.308 e. The van der Waals surface area contributed by atoms with Crippen molar-refractivity contribution in [1.82, 2.24) is 14.5 Å². The lowest BCUT2D eigenvalue weighted by Crippen LogP contribution is -1.98. The van der Waals surface area contributed by atoms with Crippen LogP contribution in [-0.4, -0.2) is 14.5 Å². The van der Waals surface area contributed by atoms with E-state index in [1.165, 1.54) is 22.3 Å². The molecule has 2 aromatic heterocycles. The van der Waals surface area contributed by atoms with Gasteiger partial charge in [0.1, 0.15) is 12.1 Å². The molecular weight excluding hydrogens is 454 g/mol. The zero-order chi connectivity index (χ0) is 25.5. The van der Waals surface area contributed by atoms with Crippen molar-refractivity contribution in [2.24, 2.45) is 0 Å². The lowest BCUT2D eigenvalue weighted by atomic mass is 9.99. The van der Waals surface area contributed by atoms with Gasteiger partial charge in [0.05, 0.1) is 22.3 Å². The zero-order valence-electron chi connectivity index (χ0n) is 20.4. The predicted octanol–water partition coefficient (Wildman–Crippen LogP) is 7.27. The van der Waals surface area contributed by atoms with Crippen molar-refractivity contribution in [1.29, 1.82) is 10.5 Å². The van der Waals surface area contributed by atoms with Crippen LogP contribution in [0.4, 0.5) is 0 Å². The summed E-state index contributed by atoms with van der Waals surface area (Å²) in [5.41, 5.74) is 9.86. The molecule has 0 saturated carbocycles. The van der Waals surface area contributed by atoms with Crippen molar-refractivity contribution >= 4 is 21.8 Å². The van der Waals surface area contributed by atoms with Gasteiger partial charge in [-0.25, -0.2) is 9.97 Å². The van der Waals surface area contributed by atoms with Crippen LogP contribution in [0.1, 0.15) is 22.5 Å². The van der Waals surface area contributed by atoms with Gasteiger partial charge in [0.25, 0.3) is 0 Å². The highest BCUT2D eigenvalue weighted by atomic mass is 15.0. The van der Waals surface area contributed by atoms with Crippen molar-refractivity contribution < 1.29 is 0 Å². The summed E-state index contributed by atoms with van der Waals surface area (Å²) in [5.74, 6) is 0.117. The SMILES string of the molecule is Cc1cc(C)cc(-c2ccc3c(c2)c2ccccc2n3-c2ccc(-c3cnc(C#N)nc3)cc2C#N)c1. The van der Waals surface area contributed by atoms with Crippen LogP contribution in [0.2, 0.25) is 0 Å². The van der Waals surface area contributed by atoms with Crippen LogP contribution in [0.3, 0.4) is 0 Å². The van der Waals surface area contributed by atoms with E-state index in [0.29, 0.717) is 5.56 Å². The Morgan fingerprint density at radius 2 is 1.30 bits per heavy atom. The molecule has 0 saturated heterocycles. The van der Waals surface area contributed by atoms with Crippen LogP contribution in [0.25, 0.3) is 49.7 Å². The third-order valence-electron chi connectivity index (χ3n) is 6.67. The molecule has 6 aromatic rings. The number of para-hydroxylation sites is 1. The highest BCUT2D eigenvalue weighted by Crippen LogP contribution is 2.36. The highest BCUT2D eigenvalue weighted by Gasteiger charge is 2.16. The van der Waals surface area contributed by atoms with Crippen LogP contribution in [-0.2, 0) is 0 Å². The summed E-state index contributed by atoms with van der Waals surface area (Å²) in [6.45, 7) is 4.25. The van der Waals surface area contributed by atoms with Gasteiger partial charge in [0.2, 0.25) is 5.82 Å². The summed E-state index contributed by atoms with van der Waals surface area (Å²) < 4.78 is 2.16. The maximum absolute atomic E-state index is 10.1. The van der Waals surface area contributed by atoms with Crippen molar-refractivity contribution in [3.05, 3.63) is 114 Å². The molecule has 0 bridgehead atoms. The monoisotopic (exact) mass is 475 g/mol. The summed E-state index contributed by atoms with van der Waals surface area (Å²) >= 11 is 0. The molecule has 0 radical (unpaired) electrons. The van der Waals surface area contributed by atoms with Crippen molar-refractivity contribution in [3.63, 3.8) is 0 Å². The molecule has 0 amide bonds. The minimum absolute atomic E-state index is 0.117. The van der Waals surface area contributed by atoms with Gasteiger partial charge in [0, 0.05) is 28.7 Å². The van der Waals surface area contributed by atoms with E-state index in [1.54, 1.807) is 12.4 Å². The van der Waals surface area contributed by atoms with E-state index < -0.39 is 0 Å². The van der Waals surface area contributed by atoms with E-state index in [4.69, 9.17) is 5.26 Å². The quantitative estimate of drug-likeness (QED) is 0.270. The number of fused-ring (bicyclic) bond motifs is 3. The number of hydrogen-bond acceptors (Lipinski definition) is 4. The summed E-state index contributed by atoms with van der Waals surface area (Å²) in [4.78, 5) is 8.13. The van der Waals surface area contributed by atoms with Gasteiger partial charge in [-0.15, -0.1) is 0 Å². The lowest BCUT2D eigenvalue weighted by Gasteiger charge is -2.12.